The summed E-state index contributed by atoms with van der Waals surface area (Å²) in [6.45, 7) is 6.12. The molecule has 0 bridgehead atoms. The van der Waals surface area contributed by atoms with E-state index in [4.69, 9.17) is 5.73 Å². The fourth-order valence-electron chi connectivity index (χ4n) is 0.290. The molecule has 0 fully saturated rings. The van der Waals surface area contributed by atoms with Crippen LogP contribution < -0.4 is 11.2 Å². The molecule has 0 aliphatic carbocycles. The molecule has 0 amide bonds. The lowest BCUT2D eigenvalue weighted by Gasteiger charge is -2.09. The molecule has 0 aliphatic heterocycles. The van der Waals surface area contributed by atoms with Gasteiger partial charge in [0.25, 0.3) is 0 Å². The van der Waals surface area contributed by atoms with Crippen LogP contribution in [0.15, 0.2) is 5.10 Å². The van der Waals surface area contributed by atoms with E-state index in [1.165, 1.54) is 0 Å². The van der Waals surface area contributed by atoms with Crippen LogP contribution >= 0.6 is 12.2 Å². The van der Waals surface area contributed by atoms with E-state index in [1.54, 1.807) is 6.21 Å². The Morgan fingerprint density at radius 1 is 1.60 bits per heavy atom. The lowest BCUT2D eigenvalue weighted by Crippen LogP contribution is -2.25. The van der Waals surface area contributed by atoms with Gasteiger partial charge in [0.1, 0.15) is 0 Å². The summed E-state index contributed by atoms with van der Waals surface area (Å²) in [7, 11) is 0. The van der Waals surface area contributed by atoms with Gasteiger partial charge in [0, 0.05) is 6.21 Å². The molecule has 0 aromatic heterocycles. The zero-order valence-electron chi connectivity index (χ0n) is 6.51. The molecule has 10 heavy (non-hydrogen) atoms. The Kier molecular flexibility index (Phi) is 3.28. The Balaban J connectivity index is 3.67. The van der Waals surface area contributed by atoms with Crippen molar-refractivity contribution in [3.63, 3.8) is 0 Å². The van der Waals surface area contributed by atoms with Crippen LogP contribution in [0.4, 0.5) is 0 Å². The van der Waals surface area contributed by atoms with Crippen LogP contribution in [0.2, 0.25) is 0 Å². The highest BCUT2D eigenvalue weighted by atomic mass is 32.1. The molecule has 0 radical (unpaired) electrons. The van der Waals surface area contributed by atoms with Gasteiger partial charge in [0.05, 0.1) is 0 Å². The molecule has 0 saturated heterocycles. The topological polar surface area (TPSA) is 50.4 Å². The first-order chi connectivity index (χ1) is 4.42. The Labute approximate surface area is 66.7 Å². The van der Waals surface area contributed by atoms with E-state index >= 15 is 0 Å². The van der Waals surface area contributed by atoms with Crippen LogP contribution in [-0.4, -0.2) is 11.3 Å². The lowest BCUT2D eigenvalue weighted by molar-refractivity contribution is 0.603. The number of rotatable bonds is 1. The standard InChI is InChI=1S/C6H13N3S/c1-6(2,3)4-8-9-5(7)10/h4H,1-3H3,(H3,7,9,10). The second kappa shape index (κ2) is 3.51. The van der Waals surface area contributed by atoms with Gasteiger partial charge in [-0.25, -0.2) is 0 Å². The minimum Gasteiger partial charge on any atom is -0.375 e. The van der Waals surface area contributed by atoms with Crippen molar-refractivity contribution < 1.29 is 0 Å². The zero-order valence-corrected chi connectivity index (χ0v) is 7.33. The third-order valence-corrected chi connectivity index (χ3v) is 0.718. The molecule has 0 saturated carbocycles. The molecule has 0 aliphatic rings. The quantitative estimate of drug-likeness (QED) is 0.339. The third kappa shape index (κ3) is 7.36. The van der Waals surface area contributed by atoms with Gasteiger partial charge < -0.3 is 5.73 Å². The van der Waals surface area contributed by atoms with E-state index in [9.17, 15) is 0 Å². The van der Waals surface area contributed by atoms with Gasteiger partial charge in [-0.05, 0) is 17.6 Å². The van der Waals surface area contributed by atoms with Crippen molar-refractivity contribution in [2.45, 2.75) is 20.8 Å². The van der Waals surface area contributed by atoms with Gasteiger partial charge in [-0.2, -0.15) is 5.10 Å². The summed E-state index contributed by atoms with van der Waals surface area (Å²) in [5, 5.41) is 4.00. The summed E-state index contributed by atoms with van der Waals surface area (Å²) in [6.07, 6.45) is 1.76. The molecule has 0 aromatic carbocycles. The fraction of sp³-hybridized carbons (Fsp3) is 0.667. The summed E-state index contributed by atoms with van der Waals surface area (Å²) >= 11 is 4.54. The molecule has 0 spiro atoms. The predicted octanol–water partition coefficient (Wildman–Crippen LogP) is 0.852. The van der Waals surface area contributed by atoms with Gasteiger partial charge in [0.2, 0.25) is 0 Å². The van der Waals surface area contributed by atoms with Gasteiger partial charge in [-0.1, -0.05) is 20.8 Å². The highest BCUT2D eigenvalue weighted by molar-refractivity contribution is 7.80. The smallest absolute Gasteiger partial charge is 0.184 e. The van der Waals surface area contributed by atoms with E-state index in [0.717, 1.165) is 0 Å². The van der Waals surface area contributed by atoms with Crippen LogP contribution in [0.5, 0.6) is 0 Å². The molecule has 0 aromatic rings. The van der Waals surface area contributed by atoms with Crippen LogP contribution in [0.25, 0.3) is 0 Å². The highest BCUT2D eigenvalue weighted by Gasteiger charge is 2.04. The van der Waals surface area contributed by atoms with Crippen LogP contribution in [-0.2, 0) is 0 Å². The summed E-state index contributed by atoms with van der Waals surface area (Å²) in [5.74, 6) is 0. The summed E-state index contributed by atoms with van der Waals surface area (Å²) < 4.78 is 0. The Morgan fingerprint density at radius 3 is 2.40 bits per heavy atom. The average Bonchev–Trinajstić information content (AvgIpc) is 1.59. The van der Waals surface area contributed by atoms with Crippen LogP contribution in [0, 0.1) is 5.41 Å². The van der Waals surface area contributed by atoms with Gasteiger partial charge in [0.15, 0.2) is 5.11 Å². The normalized spacial score (nSPS) is 11.9. The fourth-order valence-corrected chi connectivity index (χ4v) is 0.342. The van der Waals surface area contributed by atoms with Gasteiger partial charge in [-0.15, -0.1) is 0 Å². The maximum Gasteiger partial charge on any atom is 0.184 e. The summed E-state index contributed by atoms with van der Waals surface area (Å²) in [6, 6.07) is 0. The van der Waals surface area contributed by atoms with Gasteiger partial charge >= 0.3 is 0 Å². The zero-order chi connectivity index (χ0) is 8.20. The molecule has 0 atom stereocenters. The van der Waals surface area contributed by atoms with E-state index < -0.39 is 0 Å². The minimum atomic E-state index is 0.0672. The number of nitrogens with two attached hydrogens (primary N) is 1. The number of hydrazone groups is 1. The molecule has 0 rings (SSSR count). The van der Waals surface area contributed by atoms with E-state index in [2.05, 4.69) is 22.7 Å². The maximum absolute atomic E-state index is 5.13. The molecular weight excluding hydrogens is 146 g/mol. The van der Waals surface area contributed by atoms with Crippen LogP contribution in [0.1, 0.15) is 20.8 Å². The molecule has 0 heterocycles. The second-order valence-corrected chi connectivity index (χ2v) is 3.54. The molecular formula is C6H13N3S. The van der Waals surface area contributed by atoms with E-state index in [0.29, 0.717) is 0 Å². The predicted molar refractivity (Wildman–Crippen MR) is 47.9 cm³/mol. The van der Waals surface area contributed by atoms with Crippen LogP contribution in [0.3, 0.4) is 0 Å². The minimum absolute atomic E-state index is 0.0672. The Hall–Kier alpha value is -0.640. The van der Waals surface area contributed by atoms with E-state index in [1.807, 2.05) is 20.8 Å². The molecule has 3 nitrogen and oxygen atoms in total. The molecule has 58 valence electrons. The van der Waals surface area contributed by atoms with Crippen molar-refractivity contribution in [2.24, 2.45) is 16.3 Å². The number of nitrogens with one attached hydrogen (secondary N) is 1. The van der Waals surface area contributed by atoms with Crippen molar-refractivity contribution in [2.75, 3.05) is 0 Å². The third-order valence-electron chi connectivity index (χ3n) is 0.627. The Bertz CT molecular complexity index is 146. The van der Waals surface area contributed by atoms with Crippen molar-refractivity contribution in [3.8, 4) is 0 Å². The monoisotopic (exact) mass is 159 g/mol. The number of hydrogen-bond donors (Lipinski definition) is 2. The number of hydrogen-bond acceptors (Lipinski definition) is 2. The molecule has 3 N–H and O–H groups in total. The highest BCUT2D eigenvalue weighted by Crippen LogP contribution is 2.07. The lowest BCUT2D eigenvalue weighted by atomic mass is 9.99. The van der Waals surface area contributed by atoms with Gasteiger partial charge in [-0.3, -0.25) is 5.43 Å². The van der Waals surface area contributed by atoms with Crippen molar-refractivity contribution >= 4 is 23.5 Å². The maximum atomic E-state index is 5.13. The van der Waals surface area contributed by atoms with Crippen molar-refractivity contribution in [1.29, 1.82) is 0 Å². The SMILES string of the molecule is CC(C)(C)C=NNC(N)=S. The van der Waals surface area contributed by atoms with E-state index in [-0.39, 0.29) is 10.5 Å². The average molecular weight is 159 g/mol. The first-order valence-corrected chi connectivity index (χ1v) is 3.42. The first-order valence-electron chi connectivity index (χ1n) is 3.01. The summed E-state index contributed by atoms with van der Waals surface area (Å²) in [4.78, 5) is 0. The number of thiocarbonyl (C=S) groups is 1. The van der Waals surface area contributed by atoms with Crippen molar-refractivity contribution in [1.82, 2.24) is 5.43 Å². The molecule has 4 heteroatoms. The first kappa shape index (κ1) is 9.36. The second-order valence-electron chi connectivity index (χ2n) is 3.10. The number of nitrogens with zero attached hydrogens (tertiary/aromatic N) is 1. The largest absolute Gasteiger partial charge is 0.375 e. The summed E-state index contributed by atoms with van der Waals surface area (Å²) in [5.41, 5.74) is 7.68. The Morgan fingerprint density at radius 2 is 2.10 bits per heavy atom. The van der Waals surface area contributed by atoms with Crippen molar-refractivity contribution in [3.05, 3.63) is 0 Å². The molecule has 0 unspecified atom stereocenters.